The molecule has 0 aliphatic rings. The molecule has 0 radical (unpaired) electrons. The first-order valence-corrected chi connectivity index (χ1v) is 9.67. The molecule has 0 fully saturated rings. The third-order valence-electron chi connectivity index (χ3n) is 4.26. The van der Waals surface area contributed by atoms with Crippen molar-refractivity contribution >= 4 is 22.8 Å². The molecule has 0 saturated carbocycles. The number of hydrogen-bond donors (Lipinski definition) is 1. The van der Waals surface area contributed by atoms with E-state index in [4.69, 9.17) is 0 Å². The molecule has 2 aromatic carbocycles. The van der Waals surface area contributed by atoms with Gasteiger partial charge in [-0.2, -0.15) is 0 Å². The normalized spacial score (nSPS) is 10.8. The molecule has 134 valence electrons. The lowest BCUT2D eigenvalue weighted by molar-refractivity contribution is 1.06. The van der Waals surface area contributed by atoms with Gasteiger partial charge in [-0.3, -0.25) is 0 Å². The van der Waals surface area contributed by atoms with Gasteiger partial charge in [0.05, 0.1) is 16.4 Å². The van der Waals surface area contributed by atoms with Gasteiger partial charge in [-0.1, -0.05) is 42.0 Å². The first-order valence-electron chi connectivity index (χ1n) is 8.79. The van der Waals surface area contributed by atoms with Crippen LogP contribution in [0, 0.1) is 20.8 Å². The van der Waals surface area contributed by atoms with Crippen molar-refractivity contribution in [1.29, 1.82) is 0 Å². The van der Waals surface area contributed by atoms with E-state index < -0.39 is 0 Å². The molecule has 4 aromatic rings. The van der Waals surface area contributed by atoms with Gasteiger partial charge in [-0.25, -0.2) is 15.0 Å². The quantitative estimate of drug-likeness (QED) is 0.482. The van der Waals surface area contributed by atoms with Crippen molar-refractivity contribution in [2.24, 2.45) is 0 Å². The van der Waals surface area contributed by atoms with Crippen LogP contribution in [-0.4, -0.2) is 15.0 Å². The summed E-state index contributed by atoms with van der Waals surface area (Å²) in [5, 5.41) is 6.54. The van der Waals surface area contributed by atoms with Crippen molar-refractivity contribution in [2.75, 3.05) is 5.32 Å². The van der Waals surface area contributed by atoms with Crippen LogP contribution in [0.2, 0.25) is 0 Å². The number of rotatable bonds is 4. The standard InChI is InChI=1S/C22H20N4S/c1-14-4-6-17(7-5-14)20-12-22(24-15(2)23-20)26-19-10-8-18(9-11-19)21-13-27-16(3)25-21/h4-13H,1-3H3,(H,23,24,26). The maximum Gasteiger partial charge on any atom is 0.134 e. The Bertz CT molecular complexity index is 1070. The molecule has 0 bridgehead atoms. The molecule has 4 rings (SSSR count). The zero-order chi connectivity index (χ0) is 18.8. The van der Waals surface area contributed by atoms with Crippen LogP contribution in [0.3, 0.4) is 0 Å². The molecular weight excluding hydrogens is 352 g/mol. The molecule has 27 heavy (non-hydrogen) atoms. The molecular formula is C22H20N4S. The van der Waals surface area contributed by atoms with E-state index in [1.807, 2.05) is 32.0 Å². The SMILES string of the molecule is Cc1ccc(-c2cc(Nc3ccc(-c4csc(C)n4)cc3)nc(C)n2)cc1. The van der Waals surface area contributed by atoms with E-state index in [0.29, 0.717) is 0 Å². The summed E-state index contributed by atoms with van der Waals surface area (Å²) in [5.41, 5.74) is 6.35. The third-order valence-corrected chi connectivity index (χ3v) is 5.03. The van der Waals surface area contributed by atoms with Crippen molar-refractivity contribution in [3.05, 3.63) is 76.4 Å². The lowest BCUT2D eigenvalue weighted by Crippen LogP contribution is -1.99. The van der Waals surface area contributed by atoms with Crippen LogP contribution in [0.5, 0.6) is 0 Å². The summed E-state index contributed by atoms with van der Waals surface area (Å²) >= 11 is 1.66. The minimum atomic E-state index is 0.741. The molecule has 5 heteroatoms. The number of anilines is 2. The summed E-state index contributed by atoms with van der Waals surface area (Å²) in [4.78, 5) is 13.6. The Balaban J connectivity index is 1.58. The van der Waals surface area contributed by atoms with Gasteiger partial charge in [0.25, 0.3) is 0 Å². The van der Waals surface area contributed by atoms with Gasteiger partial charge in [-0.05, 0) is 32.9 Å². The summed E-state index contributed by atoms with van der Waals surface area (Å²) in [6.45, 7) is 6.02. The van der Waals surface area contributed by atoms with E-state index in [1.165, 1.54) is 5.56 Å². The van der Waals surface area contributed by atoms with Gasteiger partial charge in [0.15, 0.2) is 0 Å². The zero-order valence-electron chi connectivity index (χ0n) is 15.5. The lowest BCUT2D eigenvalue weighted by atomic mass is 10.1. The number of nitrogens with zero attached hydrogens (tertiary/aromatic N) is 3. The summed E-state index contributed by atoms with van der Waals surface area (Å²) in [7, 11) is 0. The first-order chi connectivity index (χ1) is 13.1. The highest BCUT2D eigenvalue weighted by atomic mass is 32.1. The molecule has 0 amide bonds. The fourth-order valence-electron chi connectivity index (χ4n) is 2.87. The van der Waals surface area contributed by atoms with Crippen LogP contribution in [-0.2, 0) is 0 Å². The number of nitrogens with one attached hydrogen (secondary N) is 1. The van der Waals surface area contributed by atoms with Gasteiger partial charge in [0.1, 0.15) is 11.6 Å². The van der Waals surface area contributed by atoms with Gasteiger partial charge in [0.2, 0.25) is 0 Å². The molecule has 0 aliphatic heterocycles. The fourth-order valence-corrected chi connectivity index (χ4v) is 3.49. The Labute approximate surface area is 163 Å². The minimum Gasteiger partial charge on any atom is -0.340 e. The smallest absolute Gasteiger partial charge is 0.134 e. The molecule has 0 aliphatic carbocycles. The largest absolute Gasteiger partial charge is 0.340 e. The summed E-state index contributed by atoms with van der Waals surface area (Å²) in [6, 6.07) is 18.6. The molecule has 0 saturated heterocycles. The maximum absolute atomic E-state index is 4.57. The van der Waals surface area contributed by atoms with Crippen LogP contribution < -0.4 is 5.32 Å². The number of benzene rings is 2. The highest BCUT2D eigenvalue weighted by Gasteiger charge is 2.06. The van der Waals surface area contributed by atoms with Gasteiger partial charge >= 0.3 is 0 Å². The number of aryl methyl sites for hydroxylation is 3. The predicted molar refractivity (Wildman–Crippen MR) is 113 cm³/mol. The highest BCUT2D eigenvalue weighted by Crippen LogP contribution is 2.26. The van der Waals surface area contributed by atoms with Crippen LogP contribution in [0.25, 0.3) is 22.5 Å². The van der Waals surface area contributed by atoms with E-state index >= 15 is 0 Å². The van der Waals surface area contributed by atoms with Crippen LogP contribution in [0.15, 0.2) is 60.0 Å². The molecule has 1 N–H and O–H groups in total. The molecule has 2 heterocycles. The zero-order valence-corrected chi connectivity index (χ0v) is 16.3. The number of hydrogen-bond acceptors (Lipinski definition) is 5. The van der Waals surface area contributed by atoms with E-state index in [2.05, 4.69) is 69.0 Å². The maximum atomic E-state index is 4.57. The van der Waals surface area contributed by atoms with Crippen molar-refractivity contribution < 1.29 is 0 Å². The summed E-state index contributed by atoms with van der Waals surface area (Å²) in [6.07, 6.45) is 0. The Morgan fingerprint density at radius 3 is 2.07 bits per heavy atom. The van der Waals surface area contributed by atoms with E-state index in [9.17, 15) is 0 Å². The third kappa shape index (κ3) is 4.04. The first kappa shape index (κ1) is 17.4. The molecule has 0 spiro atoms. The highest BCUT2D eigenvalue weighted by molar-refractivity contribution is 7.09. The molecule has 4 nitrogen and oxygen atoms in total. The molecule has 0 unspecified atom stereocenters. The van der Waals surface area contributed by atoms with Crippen LogP contribution in [0.4, 0.5) is 11.5 Å². The monoisotopic (exact) mass is 372 g/mol. The predicted octanol–water partition coefficient (Wildman–Crippen LogP) is 5.94. The lowest BCUT2D eigenvalue weighted by Gasteiger charge is -2.09. The average Bonchev–Trinajstić information content (AvgIpc) is 3.09. The van der Waals surface area contributed by atoms with Crippen LogP contribution >= 0.6 is 11.3 Å². The van der Waals surface area contributed by atoms with Crippen molar-refractivity contribution in [2.45, 2.75) is 20.8 Å². The summed E-state index contributed by atoms with van der Waals surface area (Å²) in [5.74, 6) is 1.53. The second kappa shape index (κ2) is 7.29. The molecule has 2 aromatic heterocycles. The topological polar surface area (TPSA) is 50.7 Å². The van der Waals surface area contributed by atoms with E-state index in [1.54, 1.807) is 11.3 Å². The van der Waals surface area contributed by atoms with Crippen molar-refractivity contribution in [3.8, 4) is 22.5 Å². The average molecular weight is 372 g/mol. The Morgan fingerprint density at radius 1 is 0.741 bits per heavy atom. The van der Waals surface area contributed by atoms with Gasteiger partial charge in [-0.15, -0.1) is 11.3 Å². The minimum absolute atomic E-state index is 0.741. The Hall–Kier alpha value is -3.05. The summed E-state index contributed by atoms with van der Waals surface area (Å²) < 4.78 is 0. The Morgan fingerprint density at radius 2 is 1.41 bits per heavy atom. The Kier molecular flexibility index (Phi) is 4.69. The van der Waals surface area contributed by atoms with E-state index in [-0.39, 0.29) is 0 Å². The van der Waals surface area contributed by atoms with Crippen molar-refractivity contribution in [3.63, 3.8) is 0 Å². The second-order valence-corrected chi connectivity index (χ2v) is 7.57. The number of thiazole rings is 1. The van der Waals surface area contributed by atoms with Crippen LogP contribution in [0.1, 0.15) is 16.4 Å². The fraction of sp³-hybridized carbons (Fsp3) is 0.136. The van der Waals surface area contributed by atoms with E-state index in [0.717, 1.165) is 44.9 Å². The second-order valence-electron chi connectivity index (χ2n) is 6.51. The molecule has 0 atom stereocenters. The van der Waals surface area contributed by atoms with Gasteiger partial charge < -0.3 is 5.32 Å². The van der Waals surface area contributed by atoms with Gasteiger partial charge in [0, 0.05) is 28.3 Å². The van der Waals surface area contributed by atoms with Crippen molar-refractivity contribution in [1.82, 2.24) is 15.0 Å². The number of aromatic nitrogens is 3.